The first kappa shape index (κ1) is 23.4. The minimum atomic E-state index is -0.177. The van der Waals surface area contributed by atoms with Crippen LogP contribution in [0, 0.1) is 0 Å². The van der Waals surface area contributed by atoms with Gasteiger partial charge in [-0.15, -0.1) is 5.10 Å². The van der Waals surface area contributed by atoms with Crippen LogP contribution in [0.3, 0.4) is 0 Å². The number of benzene rings is 2. The van der Waals surface area contributed by atoms with Gasteiger partial charge in [0.1, 0.15) is 5.82 Å². The van der Waals surface area contributed by atoms with E-state index in [2.05, 4.69) is 23.8 Å². The topological polar surface area (TPSA) is 76.9 Å². The lowest BCUT2D eigenvalue weighted by atomic mass is 10.0. The van der Waals surface area contributed by atoms with Crippen LogP contribution >= 0.6 is 0 Å². The Labute approximate surface area is 199 Å². The summed E-state index contributed by atoms with van der Waals surface area (Å²) in [6.07, 6.45) is 0. The quantitative estimate of drug-likeness (QED) is 0.559. The summed E-state index contributed by atoms with van der Waals surface area (Å²) in [7, 11) is 3.12. The van der Waals surface area contributed by atoms with E-state index in [-0.39, 0.29) is 11.5 Å². The summed E-state index contributed by atoms with van der Waals surface area (Å²) in [6.45, 7) is 6.62. The van der Waals surface area contributed by atoms with Crippen LogP contribution < -0.4 is 19.9 Å². The molecular weight excluding hydrogens is 432 g/mol. The number of rotatable bonds is 6. The fourth-order valence-electron chi connectivity index (χ4n) is 4.05. The largest absolute Gasteiger partial charge is 0.493 e. The number of carbonyl (C=O) groups is 1. The number of amides is 1. The molecule has 3 aromatic rings. The molecule has 0 radical (unpaired) electrons. The molecule has 0 atom stereocenters. The van der Waals surface area contributed by atoms with Crippen molar-refractivity contribution in [1.29, 1.82) is 0 Å². The Morgan fingerprint density at radius 2 is 1.56 bits per heavy atom. The second-order valence-corrected chi connectivity index (χ2v) is 8.54. The second kappa shape index (κ2) is 9.99. The Kier molecular flexibility index (Phi) is 6.86. The highest BCUT2D eigenvalue weighted by Gasteiger charge is 2.24. The van der Waals surface area contributed by atoms with E-state index < -0.39 is 0 Å². The van der Waals surface area contributed by atoms with Gasteiger partial charge in [-0.25, -0.2) is 0 Å². The molecule has 0 aliphatic carbocycles. The van der Waals surface area contributed by atoms with E-state index >= 15 is 0 Å². The molecule has 178 valence electrons. The van der Waals surface area contributed by atoms with E-state index in [0.29, 0.717) is 55.0 Å². The van der Waals surface area contributed by atoms with Gasteiger partial charge in [0, 0.05) is 37.8 Å². The lowest BCUT2D eigenvalue weighted by Crippen LogP contribution is -2.49. The van der Waals surface area contributed by atoms with Crippen molar-refractivity contribution < 1.29 is 14.3 Å². The molecule has 1 amide bonds. The number of hydrogen-bond donors (Lipinski definition) is 0. The van der Waals surface area contributed by atoms with Gasteiger partial charge in [-0.1, -0.05) is 26.0 Å². The van der Waals surface area contributed by atoms with Crippen molar-refractivity contribution in [2.45, 2.75) is 19.8 Å². The zero-order valence-corrected chi connectivity index (χ0v) is 20.0. The highest BCUT2D eigenvalue weighted by Crippen LogP contribution is 2.28. The summed E-state index contributed by atoms with van der Waals surface area (Å²) in [6, 6.07) is 16.4. The van der Waals surface area contributed by atoms with Gasteiger partial charge in [0.15, 0.2) is 11.5 Å². The van der Waals surface area contributed by atoms with Crippen LogP contribution in [0.25, 0.3) is 5.69 Å². The van der Waals surface area contributed by atoms with Crippen molar-refractivity contribution in [3.8, 4) is 17.2 Å². The smallest absolute Gasteiger partial charge is 0.271 e. The lowest BCUT2D eigenvalue weighted by Gasteiger charge is -2.35. The molecule has 1 aliphatic heterocycles. The summed E-state index contributed by atoms with van der Waals surface area (Å²) in [5.74, 6) is 2.20. The number of piperazine rings is 1. The fraction of sp³-hybridized carbons (Fsp3) is 0.346. The molecule has 0 N–H and O–H groups in total. The zero-order valence-electron chi connectivity index (χ0n) is 20.0. The summed E-state index contributed by atoms with van der Waals surface area (Å²) < 4.78 is 12.0. The molecule has 2 aromatic carbocycles. The van der Waals surface area contributed by atoms with Gasteiger partial charge >= 0.3 is 0 Å². The van der Waals surface area contributed by atoms with E-state index in [1.807, 2.05) is 29.2 Å². The summed E-state index contributed by atoms with van der Waals surface area (Å²) in [5.41, 5.74) is 2.33. The highest BCUT2D eigenvalue weighted by molar-refractivity contribution is 5.95. The van der Waals surface area contributed by atoms with Gasteiger partial charge in [0.05, 0.1) is 19.9 Å². The number of hydrogen-bond acceptors (Lipinski definition) is 6. The lowest BCUT2D eigenvalue weighted by molar-refractivity contribution is 0.0746. The van der Waals surface area contributed by atoms with Gasteiger partial charge in [0.2, 0.25) is 0 Å². The first-order valence-corrected chi connectivity index (χ1v) is 11.4. The van der Waals surface area contributed by atoms with E-state index in [9.17, 15) is 9.59 Å². The van der Waals surface area contributed by atoms with Crippen molar-refractivity contribution in [2.24, 2.45) is 0 Å². The molecule has 0 saturated carbocycles. The van der Waals surface area contributed by atoms with Gasteiger partial charge in [-0.2, -0.15) is 4.68 Å². The Morgan fingerprint density at radius 3 is 2.18 bits per heavy atom. The standard InChI is InChI=1S/C26H30N4O4/c1-18(2)19-5-8-21(9-6-19)30-25(31)12-11-24(27-30)28-13-15-29(16-14-28)26(32)20-7-10-22(33-3)23(17-20)34-4/h5-12,17-18H,13-16H2,1-4H3. The molecule has 2 heterocycles. The molecule has 1 fully saturated rings. The monoisotopic (exact) mass is 462 g/mol. The van der Waals surface area contributed by atoms with Crippen LogP contribution in [0.4, 0.5) is 5.82 Å². The molecule has 1 aromatic heterocycles. The van der Waals surface area contributed by atoms with Crippen LogP contribution in [-0.2, 0) is 0 Å². The highest BCUT2D eigenvalue weighted by atomic mass is 16.5. The van der Waals surface area contributed by atoms with Crippen LogP contribution in [-0.4, -0.2) is 61.0 Å². The van der Waals surface area contributed by atoms with Crippen LogP contribution in [0.1, 0.15) is 35.7 Å². The first-order chi connectivity index (χ1) is 16.4. The molecule has 34 heavy (non-hydrogen) atoms. The van der Waals surface area contributed by atoms with Crippen molar-refractivity contribution in [2.75, 3.05) is 45.3 Å². The Balaban J connectivity index is 1.47. The third kappa shape index (κ3) is 4.76. The zero-order chi connectivity index (χ0) is 24.2. The third-order valence-electron chi connectivity index (χ3n) is 6.11. The second-order valence-electron chi connectivity index (χ2n) is 8.54. The average Bonchev–Trinajstić information content (AvgIpc) is 2.88. The summed E-state index contributed by atoms with van der Waals surface area (Å²) in [4.78, 5) is 29.4. The van der Waals surface area contributed by atoms with Crippen molar-refractivity contribution in [1.82, 2.24) is 14.7 Å². The number of carbonyl (C=O) groups excluding carboxylic acids is 1. The van der Waals surface area contributed by atoms with Crippen molar-refractivity contribution >= 4 is 11.7 Å². The maximum Gasteiger partial charge on any atom is 0.271 e. The number of ether oxygens (including phenoxy) is 2. The van der Waals surface area contributed by atoms with Crippen LogP contribution in [0.2, 0.25) is 0 Å². The van der Waals surface area contributed by atoms with E-state index in [4.69, 9.17) is 9.47 Å². The fourth-order valence-corrected chi connectivity index (χ4v) is 4.05. The Hall–Kier alpha value is -3.81. The molecule has 0 unspecified atom stereocenters. The van der Waals surface area contributed by atoms with Gasteiger partial charge in [-0.3, -0.25) is 9.59 Å². The number of anilines is 1. The summed E-state index contributed by atoms with van der Waals surface area (Å²) in [5, 5.41) is 4.61. The number of aromatic nitrogens is 2. The van der Waals surface area contributed by atoms with Gasteiger partial charge < -0.3 is 19.3 Å². The molecule has 4 rings (SSSR count). The molecule has 8 heteroatoms. The third-order valence-corrected chi connectivity index (χ3v) is 6.11. The van der Waals surface area contributed by atoms with Gasteiger partial charge in [0.25, 0.3) is 11.5 Å². The average molecular weight is 463 g/mol. The summed E-state index contributed by atoms with van der Waals surface area (Å²) >= 11 is 0. The Morgan fingerprint density at radius 1 is 0.882 bits per heavy atom. The molecule has 0 bridgehead atoms. The predicted molar refractivity (Wildman–Crippen MR) is 132 cm³/mol. The van der Waals surface area contributed by atoms with Crippen LogP contribution in [0.5, 0.6) is 11.5 Å². The number of nitrogens with zero attached hydrogens (tertiary/aromatic N) is 4. The first-order valence-electron chi connectivity index (χ1n) is 11.4. The normalized spacial score (nSPS) is 13.8. The Bertz CT molecular complexity index is 1210. The molecule has 1 saturated heterocycles. The van der Waals surface area contributed by atoms with Crippen molar-refractivity contribution in [3.05, 3.63) is 76.1 Å². The van der Waals surface area contributed by atoms with E-state index in [1.165, 1.54) is 10.2 Å². The van der Waals surface area contributed by atoms with E-state index in [0.717, 1.165) is 5.69 Å². The van der Waals surface area contributed by atoms with Gasteiger partial charge in [-0.05, 0) is 47.9 Å². The maximum atomic E-state index is 13.0. The predicted octanol–water partition coefficient (Wildman–Crippen LogP) is 3.34. The van der Waals surface area contributed by atoms with E-state index in [1.54, 1.807) is 44.6 Å². The van der Waals surface area contributed by atoms with Crippen molar-refractivity contribution in [3.63, 3.8) is 0 Å². The maximum absolute atomic E-state index is 13.0. The minimum absolute atomic E-state index is 0.0521. The molecular formula is C26H30N4O4. The SMILES string of the molecule is COc1ccc(C(=O)N2CCN(c3ccc(=O)n(-c4ccc(C(C)C)cc4)n3)CC2)cc1OC. The molecule has 0 spiro atoms. The molecule has 1 aliphatic rings. The minimum Gasteiger partial charge on any atom is -0.493 e. The van der Waals surface area contributed by atoms with Crippen LogP contribution in [0.15, 0.2) is 59.4 Å². The number of methoxy groups -OCH3 is 2. The molecule has 8 nitrogen and oxygen atoms in total.